The second-order valence-corrected chi connectivity index (χ2v) is 9.42. The van der Waals surface area contributed by atoms with Gasteiger partial charge in [0.1, 0.15) is 11.3 Å². The third kappa shape index (κ3) is 2.58. The summed E-state index contributed by atoms with van der Waals surface area (Å²) in [5, 5.41) is 7.19. The van der Waals surface area contributed by atoms with Crippen molar-refractivity contribution in [2.24, 2.45) is 0 Å². The molecule has 3 aromatic heterocycles. The van der Waals surface area contributed by atoms with Gasteiger partial charge in [0.05, 0.1) is 23.7 Å². The molecular formula is C32H22N2O2. The summed E-state index contributed by atoms with van der Waals surface area (Å²) >= 11 is 0. The van der Waals surface area contributed by atoms with Crippen LogP contribution in [-0.4, -0.2) is 16.7 Å². The van der Waals surface area contributed by atoms with E-state index < -0.39 is 0 Å². The molecule has 172 valence electrons. The number of methoxy groups -OCH3 is 1. The van der Waals surface area contributed by atoms with Crippen LogP contribution in [0.5, 0.6) is 5.75 Å². The largest absolute Gasteiger partial charge is 0.497 e. The van der Waals surface area contributed by atoms with Gasteiger partial charge in [-0.1, -0.05) is 60.7 Å². The van der Waals surface area contributed by atoms with Crippen molar-refractivity contribution >= 4 is 65.6 Å². The highest BCUT2D eigenvalue weighted by Crippen LogP contribution is 2.41. The maximum atomic E-state index is 6.35. The maximum Gasteiger partial charge on any atom is 0.159 e. The summed E-state index contributed by atoms with van der Waals surface area (Å²) in [6, 6.07) is 34.2. The molecule has 0 unspecified atom stereocenters. The van der Waals surface area contributed by atoms with Gasteiger partial charge in [-0.15, -0.1) is 0 Å². The zero-order valence-electron chi connectivity index (χ0n) is 19.7. The molecule has 8 aromatic rings. The Kier molecular flexibility index (Phi) is 3.89. The van der Waals surface area contributed by atoms with Gasteiger partial charge < -0.3 is 18.7 Å². The zero-order valence-corrected chi connectivity index (χ0v) is 19.7. The topological polar surface area (TPSA) is 43.1 Å². The standard InChI is InChI=1S/C32H22N2O2/c1-35-20-12-10-19(11-13-20)18-34-26-8-4-2-7-25(26)29-27(34)17-16-22-23-14-15-24-21-6-3-5-9-28(21)36-32(24)31(23)33-30(22)29/h2-17,33H,18H2,1H3. The molecule has 1 N–H and O–H groups in total. The third-order valence-electron chi connectivity index (χ3n) is 7.53. The number of furan rings is 1. The minimum absolute atomic E-state index is 0.785. The first-order valence-corrected chi connectivity index (χ1v) is 12.2. The van der Waals surface area contributed by atoms with Crippen LogP contribution in [-0.2, 0) is 6.54 Å². The normalized spacial score (nSPS) is 12.1. The number of hydrogen-bond acceptors (Lipinski definition) is 2. The number of para-hydroxylation sites is 2. The van der Waals surface area contributed by atoms with E-state index in [0.29, 0.717) is 0 Å². The molecule has 0 aliphatic carbocycles. The highest BCUT2D eigenvalue weighted by atomic mass is 16.5. The number of ether oxygens (including phenoxy) is 1. The first kappa shape index (κ1) is 19.6. The molecule has 5 aromatic carbocycles. The Bertz CT molecular complexity index is 2110. The van der Waals surface area contributed by atoms with E-state index in [2.05, 4.69) is 82.3 Å². The van der Waals surface area contributed by atoms with Crippen LogP contribution in [0.4, 0.5) is 0 Å². The van der Waals surface area contributed by atoms with Gasteiger partial charge in [-0.3, -0.25) is 0 Å². The maximum absolute atomic E-state index is 6.35. The Balaban J connectivity index is 1.44. The summed E-state index contributed by atoms with van der Waals surface area (Å²) in [6.45, 7) is 0.785. The van der Waals surface area contributed by atoms with E-state index in [9.17, 15) is 0 Å². The lowest BCUT2D eigenvalue weighted by molar-refractivity contribution is 0.414. The molecule has 0 saturated heterocycles. The van der Waals surface area contributed by atoms with Gasteiger partial charge in [0.25, 0.3) is 0 Å². The Labute approximate surface area is 206 Å². The number of H-pyrrole nitrogens is 1. The number of benzene rings is 5. The first-order valence-electron chi connectivity index (χ1n) is 12.2. The fraction of sp³-hybridized carbons (Fsp3) is 0.0625. The summed E-state index contributed by atoms with van der Waals surface area (Å²) in [4.78, 5) is 3.79. The Morgan fingerprint density at radius 2 is 1.39 bits per heavy atom. The predicted molar refractivity (Wildman–Crippen MR) is 148 cm³/mol. The number of nitrogens with one attached hydrogen (secondary N) is 1. The molecule has 0 atom stereocenters. The van der Waals surface area contributed by atoms with Crippen molar-refractivity contribution in [3.8, 4) is 5.75 Å². The summed E-state index contributed by atoms with van der Waals surface area (Å²) in [7, 11) is 1.70. The van der Waals surface area contributed by atoms with Gasteiger partial charge in [0.2, 0.25) is 0 Å². The number of nitrogens with zero attached hydrogens (tertiary/aromatic N) is 1. The van der Waals surface area contributed by atoms with E-state index in [-0.39, 0.29) is 0 Å². The average molecular weight is 467 g/mol. The van der Waals surface area contributed by atoms with E-state index in [0.717, 1.165) is 45.3 Å². The molecular weight excluding hydrogens is 444 g/mol. The van der Waals surface area contributed by atoms with Gasteiger partial charge in [-0.05, 0) is 42.0 Å². The summed E-state index contributed by atoms with van der Waals surface area (Å²) < 4.78 is 14.1. The van der Waals surface area contributed by atoms with Crippen molar-refractivity contribution < 1.29 is 9.15 Å². The van der Waals surface area contributed by atoms with Gasteiger partial charge >= 0.3 is 0 Å². The van der Waals surface area contributed by atoms with Crippen LogP contribution >= 0.6 is 0 Å². The highest BCUT2D eigenvalue weighted by Gasteiger charge is 2.18. The van der Waals surface area contributed by atoms with Gasteiger partial charge in [0, 0.05) is 44.4 Å². The van der Waals surface area contributed by atoms with E-state index >= 15 is 0 Å². The van der Waals surface area contributed by atoms with Crippen LogP contribution in [0.2, 0.25) is 0 Å². The third-order valence-corrected chi connectivity index (χ3v) is 7.53. The highest BCUT2D eigenvalue weighted by molar-refractivity contribution is 6.28. The second kappa shape index (κ2) is 7.15. The molecule has 4 nitrogen and oxygen atoms in total. The molecule has 0 amide bonds. The molecule has 0 bridgehead atoms. The van der Waals surface area contributed by atoms with Crippen LogP contribution in [0.25, 0.3) is 65.6 Å². The minimum Gasteiger partial charge on any atom is -0.497 e. The van der Waals surface area contributed by atoms with E-state index in [1.54, 1.807) is 7.11 Å². The SMILES string of the molecule is COc1ccc(Cn2c3ccccc3c3c4[nH]c5c(ccc6c7ccccc7oc65)c4ccc32)cc1. The Morgan fingerprint density at radius 3 is 2.25 bits per heavy atom. The van der Waals surface area contributed by atoms with Crippen molar-refractivity contribution in [3.05, 3.63) is 103 Å². The predicted octanol–water partition coefficient (Wildman–Crippen LogP) is 8.39. The molecule has 0 fully saturated rings. The molecule has 36 heavy (non-hydrogen) atoms. The molecule has 0 radical (unpaired) electrons. The number of hydrogen-bond donors (Lipinski definition) is 1. The quantitative estimate of drug-likeness (QED) is 0.284. The molecule has 0 aliphatic rings. The molecule has 8 rings (SSSR count). The van der Waals surface area contributed by atoms with Gasteiger partial charge in [0.15, 0.2) is 5.58 Å². The second-order valence-electron chi connectivity index (χ2n) is 9.42. The van der Waals surface area contributed by atoms with Crippen molar-refractivity contribution in [1.82, 2.24) is 9.55 Å². The average Bonchev–Trinajstić information content (AvgIpc) is 3.59. The summed E-state index contributed by atoms with van der Waals surface area (Å²) in [5.41, 5.74) is 7.72. The Morgan fingerprint density at radius 1 is 0.667 bits per heavy atom. The smallest absolute Gasteiger partial charge is 0.159 e. The lowest BCUT2D eigenvalue weighted by Gasteiger charge is -2.09. The van der Waals surface area contributed by atoms with Crippen molar-refractivity contribution in [2.75, 3.05) is 7.11 Å². The monoisotopic (exact) mass is 466 g/mol. The number of rotatable bonds is 3. The van der Waals surface area contributed by atoms with Crippen molar-refractivity contribution in [1.29, 1.82) is 0 Å². The van der Waals surface area contributed by atoms with Crippen LogP contribution in [0, 0.1) is 0 Å². The van der Waals surface area contributed by atoms with E-state index in [4.69, 9.17) is 9.15 Å². The number of aromatic amines is 1. The molecule has 0 aliphatic heterocycles. The summed E-state index contributed by atoms with van der Waals surface area (Å²) in [5.74, 6) is 0.873. The number of aromatic nitrogens is 2. The van der Waals surface area contributed by atoms with E-state index in [1.807, 2.05) is 24.3 Å². The van der Waals surface area contributed by atoms with Crippen LogP contribution in [0.1, 0.15) is 5.56 Å². The lowest BCUT2D eigenvalue weighted by atomic mass is 10.1. The summed E-state index contributed by atoms with van der Waals surface area (Å²) in [6.07, 6.45) is 0. The van der Waals surface area contributed by atoms with Crippen LogP contribution in [0.3, 0.4) is 0 Å². The fourth-order valence-electron chi connectivity index (χ4n) is 5.84. The molecule has 3 heterocycles. The molecule has 0 spiro atoms. The van der Waals surface area contributed by atoms with Crippen LogP contribution in [0.15, 0.2) is 101 Å². The Hall–Kier alpha value is -4.70. The zero-order chi connectivity index (χ0) is 23.8. The van der Waals surface area contributed by atoms with Crippen molar-refractivity contribution in [2.45, 2.75) is 6.54 Å². The van der Waals surface area contributed by atoms with Gasteiger partial charge in [-0.25, -0.2) is 0 Å². The molecule has 0 saturated carbocycles. The van der Waals surface area contributed by atoms with Crippen LogP contribution < -0.4 is 4.74 Å². The van der Waals surface area contributed by atoms with Gasteiger partial charge in [-0.2, -0.15) is 0 Å². The van der Waals surface area contributed by atoms with Crippen molar-refractivity contribution in [3.63, 3.8) is 0 Å². The minimum atomic E-state index is 0.785. The number of fused-ring (bicyclic) bond motifs is 11. The lowest BCUT2D eigenvalue weighted by Crippen LogP contribution is -1.99. The van der Waals surface area contributed by atoms with E-state index in [1.165, 1.54) is 38.1 Å². The fourth-order valence-corrected chi connectivity index (χ4v) is 5.84. The first-order chi connectivity index (χ1) is 17.8. The molecule has 4 heteroatoms.